The number of aryl methyl sites for hydroxylation is 1. The summed E-state index contributed by atoms with van der Waals surface area (Å²) in [5, 5.41) is 2.96. The maximum absolute atomic E-state index is 12.8. The van der Waals surface area contributed by atoms with E-state index in [-0.39, 0.29) is 24.3 Å². The number of benzene rings is 1. The van der Waals surface area contributed by atoms with Crippen LogP contribution in [0.2, 0.25) is 0 Å². The Labute approximate surface area is 173 Å². The highest BCUT2D eigenvalue weighted by atomic mass is 19.4. The van der Waals surface area contributed by atoms with Crippen molar-refractivity contribution in [3.05, 3.63) is 47.8 Å². The number of hydrogen-bond acceptors (Lipinski definition) is 5. The Morgan fingerprint density at radius 3 is 2.83 bits per heavy atom. The summed E-state index contributed by atoms with van der Waals surface area (Å²) in [6.45, 7) is 5.35. The van der Waals surface area contributed by atoms with Gasteiger partial charge < -0.3 is 19.7 Å². The van der Waals surface area contributed by atoms with Crippen molar-refractivity contribution in [2.24, 2.45) is 0 Å². The topological polar surface area (TPSA) is 63.7 Å². The first kappa shape index (κ1) is 21.9. The molecule has 1 N–H and O–H groups in total. The zero-order valence-electron chi connectivity index (χ0n) is 16.8. The molecule has 0 saturated carbocycles. The predicted octanol–water partition coefficient (Wildman–Crippen LogP) is 3.93. The first-order valence-corrected chi connectivity index (χ1v) is 9.70. The van der Waals surface area contributed by atoms with Crippen molar-refractivity contribution in [3.8, 4) is 11.5 Å². The number of carbonyl (C=O) groups excluding carboxylic acids is 1. The Balaban J connectivity index is 1.64. The molecular weight excluding hydrogens is 399 g/mol. The minimum absolute atomic E-state index is 0.0314. The van der Waals surface area contributed by atoms with Crippen molar-refractivity contribution in [2.45, 2.75) is 32.5 Å². The van der Waals surface area contributed by atoms with Crippen LogP contribution >= 0.6 is 0 Å². The fraction of sp³-hybridized carbons (Fsp3) is 0.429. The van der Waals surface area contributed by atoms with Gasteiger partial charge in [-0.25, -0.2) is 4.98 Å². The van der Waals surface area contributed by atoms with Crippen LogP contribution in [0.5, 0.6) is 11.5 Å². The molecule has 1 amide bonds. The van der Waals surface area contributed by atoms with Crippen LogP contribution in [0, 0.1) is 6.92 Å². The highest BCUT2D eigenvalue weighted by Gasteiger charge is 2.33. The first-order valence-electron chi connectivity index (χ1n) is 9.70. The van der Waals surface area contributed by atoms with Gasteiger partial charge in [0.1, 0.15) is 23.8 Å². The molecule has 0 bridgehead atoms. The summed E-state index contributed by atoms with van der Waals surface area (Å²) in [7, 11) is 0. The molecule has 2 aromatic rings. The normalized spacial score (nSPS) is 16.6. The number of pyridine rings is 1. The molecule has 6 nitrogen and oxygen atoms in total. The molecule has 162 valence electrons. The predicted molar refractivity (Wildman–Crippen MR) is 106 cm³/mol. The van der Waals surface area contributed by atoms with E-state index in [4.69, 9.17) is 9.47 Å². The Kier molecular flexibility index (Phi) is 6.81. The first-order chi connectivity index (χ1) is 14.3. The third kappa shape index (κ3) is 5.63. The van der Waals surface area contributed by atoms with Gasteiger partial charge in [0.15, 0.2) is 0 Å². The smallest absolute Gasteiger partial charge is 0.433 e. The molecule has 1 unspecified atom stereocenters. The number of nitrogens with zero attached hydrogens (tertiary/aromatic N) is 2. The van der Waals surface area contributed by atoms with Crippen molar-refractivity contribution in [2.75, 3.05) is 31.2 Å². The molecule has 1 fully saturated rings. The summed E-state index contributed by atoms with van der Waals surface area (Å²) < 4.78 is 49.2. The van der Waals surface area contributed by atoms with E-state index in [1.807, 2.05) is 25.1 Å². The zero-order valence-corrected chi connectivity index (χ0v) is 16.8. The number of nitrogens with one attached hydrogen (secondary N) is 1. The summed E-state index contributed by atoms with van der Waals surface area (Å²) in [6.07, 6.45) is -2.59. The Bertz CT molecular complexity index is 889. The van der Waals surface area contributed by atoms with Gasteiger partial charge in [0.2, 0.25) is 5.91 Å². The van der Waals surface area contributed by atoms with Gasteiger partial charge in [-0.15, -0.1) is 0 Å². The molecule has 1 saturated heterocycles. The van der Waals surface area contributed by atoms with Gasteiger partial charge in [0, 0.05) is 37.5 Å². The van der Waals surface area contributed by atoms with Gasteiger partial charge in [-0.2, -0.15) is 13.2 Å². The minimum Gasteiger partial charge on any atom is -0.455 e. The van der Waals surface area contributed by atoms with Crippen molar-refractivity contribution < 1.29 is 27.4 Å². The quantitative estimate of drug-likeness (QED) is 0.731. The molecule has 2 heterocycles. The van der Waals surface area contributed by atoms with Crippen molar-refractivity contribution in [1.82, 2.24) is 10.3 Å². The number of hydrogen-bond donors (Lipinski definition) is 1. The largest absolute Gasteiger partial charge is 0.455 e. The van der Waals surface area contributed by atoms with E-state index in [1.165, 1.54) is 0 Å². The van der Waals surface area contributed by atoms with Crippen LogP contribution in [0.1, 0.15) is 24.6 Å². The monoisotopic (exact) mass is 423 g/mol. The van der Waals surface area contributed by atoms with E-state index >= 15 is 0 Å². The average molecular weight is 423 g/mol. The number of anilines is 1. The lowest BCUT2D eigenvalue weighted by Gasteiger charge is -2.20. The highest BCUT2D eigenvalue weighted by molar-refractivity contribution is 5.77. The Morgan fingerprint density at radius 2 is 2.13 bits per heavy atom. The van der Waals surface area contributed by atoms with E-state index in [2.05, 4.69) is 15.2 Å². The lowest BCUT2D eigenvalue weighted by Crippen LogP contribution is -2.39. The SMILES string of the molecule is CCOCC(=O)NC1CCN(c2cccc(Oc3cnc(C(F)(F)F)cc3C)c2)C1. The highest BCUT2D eigenvalue weighted by Crippen LogP contribution is 2.33. The molecule has 1 aromatic heterocycles. The van der Waals surface area contributed by atoms with Gasteiger partial charge in [0.05, 0.1) is 6.20 Å². The average Bonchev–Trinajstić information content (AvgIpc) is 3.16. The van der Waals surface area contributed by atoms with Crippen LogP contribution in [0.15, 0.2) is 36.5 Å². The third-order valence-electron chi connectivity index (χ3n) is 4.75. The summed E-state index contributed by atoms with van der Waals surface area (Å²) in [5.41, 5.74) is 0.308. The maximum Gasteiger partial charge on any atom is 0.433 e. The second-order valence-electron chi connectivity index (χ2n) is 7.07. The van der Waals surface area contributed by atoms with Crippen LogP contribution in [0.3, 0.4) is 0 Å². The zero-order chi connectivity index (χ0) is 21.7. The summed E-state index contributed by atoms with van der Waals surface area (Å²) in [6, 6.07) is 8.30. The van der Waals surface area contributed by atoms with Gasteiger partial charge in [-0.1, -0.05) is 6.07 Å². The molecule has 0 radical (unpaired) electrons. The summed E-state index contributed by atoms with van der Waals surface area (Å²) >= 11 is 0. The number of carbonyl (C=O) groups is 1. The fourth-order valence-electron chi connectivity index (χ4n) is 3.25. The van der Waals surface area contributed by atoms with E-state index in [0.717, 1.165) is 30.9 Å². The molecule has 0 spiro atoms. The van der Waals surface area contributed by atoms with Crippen LogP contribution in [0.4, 0.5) is 18.9 Å². The molecule has 1 aliphatic rings. The third-order valence-corrected chi connectivity index (χ3v) is 4.75. The van der Waals surface area contributed by atoms with Gasteiger partial charge in [-0.05, 0) is 44.0 Å². The van der Waals surface area contributed by atoms with E-state index in [0.29, 0.717) is 24.5 Å². The van der Waals surface area contributed by atoms with Gasteiger partial charge in [0.25, 0.3) is 0 Å². The Hall–Kier alpha value is -2.81. The Morgan fingerprint density at radius 1 is 1.33 bits per heavy atom. The number of alkyl halides is 3. The minimum atomic E-state index is -4.49. The molecule has 9 heteroatoms. The number of halogens is 3. The summed E-state index contributed by atoms with van der Waals surface area (Å²) in [4.78, 5) is 17.4. The lowest BCUT2D eigenvalue weighted by molar-refractivity contribution is -0.141. The van der Waals surface area contributed by atoms with Crippen molar-refractivity contribution in [3.63, 3.8) is 0 Å². The molecule has 0 aliphatic carbocycles. The molecule has 3 rings (SSSR count). The van der Waals surface area contributed by atoms with Gasteiger partial charge in [-0.3, -0.25) is 4.79 Å². The van der Waals surface area contributed by atoms with Crippen molar-refractivity contribution >= 4 is 11.6 Å². The molecule has 1 aromatic carbocycles. The second kappa shape index (κ2) is 9.34. The maximum atomic E-state index is 12.8. The number of ether oxygens (including phenoxy) is 2. The second-order valence-corrected chi connectivity index (χ2v) is 7.07. The van der Waals surface area contributed by atoms with Crippen LogP contribution in [-0.2, 0) is 15.7 Å². The van der Waals surface area contributed by atoms with Crippen molar-refractivity contribution in [1.29, 1.82) is 0 Å². The molecule has 1 atom stereocenters. The number of aromatic nitrogens is 1. The van der Waals surface area contributed by atoms with Gasteiger partial charge >= 0.3 is 6.18 Å². The van der Waals surface area contributed by atoms with Crippen LogP contribution in [-0.4, -0.2) is 43.2 Å². The summed E-state index contributed by atoms with van der Waals surface area (Å²) in [5.74, 6) is 0.634. The van der Waals surface area contributed by atoms with E-state index in [1.54, 1.807) is 13.0 Å². The lowest BCUT2D eigenvalue weighted by atomic mass is 10.2. The number of amides is 1. The van der Waals surface area contributed by atoms with E-state index < -0.39 is 11.9 Å². The van der Waals surface area contributed by atoms with Crippen LogP contribution < -0.4 is 15.0 Å². The van der Waals surface area contributed by atoms with Crippen LogP contribution in [0.25, 0.3) is 0 Å². The fourth-order valence-corrected chi connectivity index (χ4v) is 3.25. The molecular formula is C21H24F3N3O3. The van der Waals surface area contributed by atoms with E-state index in [9.17, 15) is 18.0 Å². The molecule has 30 heavy (non-hydrogen) atoms. The molecule has 1 aliphatic heterocycles. The number of rotatable bonds is 7. The standard InChI is InChI=1S/C21H24F3N3O3/c1-3-29-13-20(28)26-15-7-8-27(12-15)16-5-4-6-17(10-16)30-18-11-25-19(9-14(18)2)21(22,23)24/h4-6,9-11,15H,3,7-8,12-13H2,1-2H3,(H,26,28).